The van der Waals surface area contributed by atoms with Crippen molar-refractivity contribution in [1.82, 2.24) is 20.5 Å². The number of hydrogen-bond donors (Lipinski definition) is 2. The minimum atomic E-state index is 0. The predicted molar refractivity (Wildman–Crippen MR) is 118 cm³/mol. The molecular weight excluding hydrogens is 445 g/mol. The number of aromatic nitrogens is 1. The van der Waals surface area contributed by atoms with E-state index in [4.69, 9.17) is 9.47 Å². The number of nitrogens with zero attached hydrogens (tertiary/aromatic N) is 3. The number of likely N-dealkylation sites (N-methyl/N-ethyl adjacent to an activating group) is 1. The van der Waals surface area contributed by atoms with Crippen LogP contribution >= 0.6 is 24.0 Å². The second kappa shape index (κ2) is 15.0. The Balaban J connectivity index is 0.00000625. The molecule has 1 heterocycles. The maximum absolute atomic E-state index is 5.55. The van der Waals surface area contributed by atoms with Gasteiger partial charge in [0.05, 0.1) is 6.10 Å². The maximum Gasteiger partial charge on any atom is 0.213 e. The van der Waals surface area contributed by atoms with E-state index in [-0.39, 0.29) is 30.1 Å². The predicted octanol–water partition coefficient (Wildman–Crippen LogP) is 2.12. The second-order valence-electron chi connectivity index (χ2n) is 6.17. The first kappa shape index (κ1) is 24.9. The average Bonchev–Trinajstić information content (AvgIpc) is 2.59. The van der Waals surface area contributed by atoms with E-state index in [1.807, 2.05) is 32.2 Å². The van der Waals surface area contributed by atoms with Gasteiger partial charge in [0.1, 0.15) is 0 Å². The number of nitrogens with one attached hydrogen (secondary N) is 2. The Morgan fingerprint density at radius 1 is 1.27 bits per heavy atom. The molecule has 2 N–H and O–H groups in total. The number of pyridine rings is 1. The summed E-state index contributed by atoms with van der Waals surface area (Å²) in [5.41, 5.74) is 1.08. The number of guanidine groups is 1. The molecule has 1 rings (SSSR count). The van der Waals surface area contributed by atoms with Crippen molar-refractivity contribution < 1.29 is 9.47 Å². The van der Waals surface area contributed by atoms with Gasteiger partial charge in [-0.25, -0.2) is 4.98 Å². The molecule has 8 heteroatoms. The molecular formula is C18H34IN5O2. The largest absolute Gasteiger partial charge is 0.475 e. The Morgan fingerprint density at radius 2 is 2.04 bits per heavy atom. The van der Waals surface area contributed by atoms with Crippen LogP contribution in [0.25, 0.3) is 0 Å². The van der Waals surface area contributed by atoms with Gasteiger partial charge in [-0.15, -0.1) is 24.0 Å². The lowest BCUT2D eigenvalue weighted by Crippen LogP contribution is -2.40. The fraction of sp³-hybridized carbons (Fsp3) is 0.667. The summed E-state index contributed by atoms with van der Waals surface area (Å²) < 4.78 is 10.6. The number of rotatable bonds is 11. The SMILES string of the molecule is CN=C(NCCN(C)CCCOC)NCc1ccc(OC(C)C)nc1.I. The van der Waals surface area contributed by atoms with Crippen LogP contribution in [0.2, 0.25) is 0 Å². The van der Waals surface area contributed by atoms with Crippen molar-refractivity contribution >= 4 is 29.9 Å². The summed E-state index contributed by atoms with van der Waals surface area (Å²) in [6.45, 7) is 8.26. The van der Waals surface area contributed by atoms with E-state index in [0.29, 0.717) is 12.4 Å². The molecule has 7 nitrogen and oxygen atoms in total. The quantitative estimate of drug-likeness (QED) is 0.219. The van der Waals surface area contributed by atoms with Crippen LogP contribution in [0.4, 0.5) is 0 Å². The topological polar surface area (TPSA) is 71.0 Å². The molecule has 0 radical (unpaired) electrons. The summed E-state index contributed by atoms with van der Waals surface area (Å²) in [5.74, 6) is 1.44. The smallest absolute Gasteiger partial charge is 0.213 e. The second-order valence-corrected chi connectivity index (χ2v) is 6.17. The molecule has 1 aromatic heterocycles. The van der Waals surface area contributed by atoms with E-state index in [9.17, 15) is 0 Å². The van der Waals surface area contributed by atoms with Crippen molar-refractivity contribution in [3.63, 3.8) is 0 Å². The van der Waals surface area contributed by atoms with Crippen molar-refractivity contribution in [2.75, 3.05) is 47.4 Å². The minimum Gasteiger partial charge on any atom is -0.475 e. The Kier molecular flexibility index (Phi) is 14.3. The van der Waals surface area contributed by atoms with E-state index < -0.39 is 0 Å². The lowest BCUT2D eigenvalue weighted by atomic mass is 10.3. The van der Waals surface area contributed by atoms with Crippen LogP contribution in [0.15, 0.2) is 23.3 Å². The normalized spacial score (nSPS) is 11.4. The molecule has 0 aliphatic carbocycles. The van der Waals surface area contributed by atoms with Gasteiger partial charge in [0.15, 0.2) is 5.96 Å². The van der Waals surface area contributed by atoms with E-state index >= 15 is 0 Å². The summed E-state index contributed by atoms with van der Waals surface area (Å²) in [6, 6.07) is 3.90. The number of aliphatic imine (C=N–C) groups is 1. The molecule has 0 aromatic carbocycles. The number of ether oxygens (including phenoxy) is 2. The van der Waals surface area contributed by atoms with Gasteiger partial charge in [0.2, 0.25) is 5.88 Å². The zero-order valence-corrected chi connectivity index (χ0v) is 18.9. The highest BCUT2D eigenvalue weighted by Crippen LogP contribution is 2.09. The third kappa shape index (κ3) is 11.5. The van der Waals surface area contributed by atoms with Gasteiger partial charge < -0.3 is 25.0 Å². The molecule has 1 aromatic rings. The lowest BCUT2D eigenvalue weighted by molar-refractivity contribution is 0.180. The van der Waals surface area contributed by atoms with Crippen LogP contribution in [0.1, 0.15) is 25.8 Å². The Bertz CT molecular complexity index is 497. The van der Waals surface area contributed by atoms with Gasteiger partial charge in [0, 0.05) is 59.2 Å². The molecule has 0 aliphatic rings. The highest BCUT2D eigenvalue weighted by Gasteiger charge is 2.02. The third-order valence-corrected chi connectivity index (χ3v) is 3.51. The maximum atomic E-state index is 5.55. The lowest BCUT2D eigenvalue weighted by Gasteiger charge is -2.18. The molecule has 26 heavy (non-hydrogen) atoms. The average molecular weight is 479 g/mol. The van der Waals surface area contributed by atoms with Gasteiger partial charge in [-0.3, -0.25) is 4.99 Å². The summed E-state index contributed by atoms with van der Waals surface area (Å²) in [4.78, 5) is 10.8. The van der Waals surface area contributed by atoms with Crippen LogP contribution in [0.3, 0.4) is 0 Å². The standard InChI is InChI=1S/C18H33N5O2.HI/c1-15(2)25-17-8-7-16(13-21-17)14-22-18(19-3)20-9-11-23(4)10-6-12-24-5;/h7-8,13,15H,6,9-12,14H2,1-5H3,(H2,19,20,22);1H. The summed E-state index contributed by atoms with van der Waals surface area (Å²) >= 11 is 0. The van der Waals surface area contributed by atoms with E-state index in [2.05, 4.69) is 32.6 Å². The Labute approximate surface area is 175 Å². The van der Waals surface area contributed by atoms with Crippen LogP contribution in [0, 0.1) is 0 Å². The van der Waals surface area contributed by atoms with Crippen molar-refractivity contribution in [1.29, 1.82) is 0 Å². The van der Waals surface area contributed by atoms with Crippen LogP contribution in [0.5, 0.6) is 5.88 Å². The zero-order valence-electron chi connectivity index (χ0n) is 16.6. The summed E-state index contributed by atoms with van der Waals surface area (Å²) in [6.07, 6.45) is 3.00. The number of methoxy groups -OCH3 is 1. The van der Waals surface area contributed by atoms with Crippen molar-refractivity contribution in [2.45, 2.75) is 32.9 Å². The van der Waals surface area contributed by atoms with Crippen molar-refractivity contribution in [2.24, 2.45) is 4.99 Å². The van der Waals surface area contributed by atoms with Gasteiger partial charge in [0.25, 0.3) is 0 Å². The summed E-state index contributed by atoms with van der Waals surface area (Å²) in [7, 11) is 5.62. The van der Waals surface area contributed by atoms with Crippen molar-refractivity contribution in [3.8, 4) is 5.88 Å². The van der Waals surface area contributed by atoms with Crippen LogP contribution < -0.4 is 15.4 Å². The molecule has 0 bridgehead atoms. The van der Waals surface area contributed by atoms with Crippen LogP contribution in [-0.4, -0.2) is 69.4 Å². The van der Waals surface area contributed by atoms with Gasteiger partial charge in [-0.05, 0) is 32.9 Å². The monoisotopic (exact) mass is 479 g/mol. The van der Waals surface area contributed by atoms with Gasteiger partial charge >= 0.3 is 0 Å². The fourth-order valence-electron chi connectivity index (χ4n) is 2.19. The first-order valence-electron chi connectivity index (χ1n) is 8.78. The molecule has 0 spiro atoms. The first-order valence-corrected chi connectivity index (χ1v) is 8.78. The summed E-state index contributed by atoms with van der Waals surface area (Å²) in [5, 5.41) is 6.61. The molecule has 0 fully saturated rings. The van der Waals surface area contributed by atoms with Crippen LogP contribution in [-0.2, 0) is 11.3 Å². The molecule has 0 saturated carbocycles. The Hall–Kier alpha value is -1.13. The van der Waals surface area contributed by atoms with Gasteiger partial charge in [-0.1, -0.05) is 6.07 Å². The van der Waals surface area contributed by atoms with E-state index in [0.717, 1.165) is 44.2 Å². The van der Waals surface area contributed by atoms with Gasteiger partial charge in [-0.2, -0.15) is 0 Å². The van der Waals surface area contributed by atoms with E-state index in [1.165, 1.54) is 0 Å². The molecule has 0 unspecified atom stereocenters. The molecule has 150 valence electrons. The highest BCUT2D eigenvalue weighted by atomic mass is 127. The Morgan fingerprint density at radius 3 is 2.62 bits per heavy atom. The molecule has 0 aliphatic heterocycles. The minimum absolute atomic E-state index is 0. The molecule has 0 saturated heterocycles. The number of hydrogen-bond acceptors (Lipinski definition) is 5. The number of halogens is 1. The fourth-order valence-corrected chi connectivity index (χ4v) is 2.19. The van der Waals surface area contributed by atoms with Crippen molar-refractivity contribution in [3.05, 3.63) is 23.9 Å². The zero-order chi connectivity index (χ0) is 18.5. The highest BCUT2D eigenvalue weighted by molar-refractivity contribution is 14.0. The first-order chi connectivity index (χ1) is 12.0. The molecule has 0 amide bonds. The van der Waals surface area contributed by atoms with E-state index in [1.54, 1.807) is 14.2 Å². The third-order valence-electron chi connectivity index (χ3n) is 3.51. The molecule has 0 atom stereocenters.